The van der Waals surface area contributed by atoms with Crippen LogP contribution in [0.1, 0.15) is 111 Å². The van der Waals surface area contributed by atoms with Crippen LogP contribution in [0.3, 0.4) is 0 Å². The van der Waals surface area contributed by atoms with E-state index in [-0.39, 0.29) is 44.3 Å². The van der Waals surface area contributed by atoms with Crippen LogP contribution in [0.4, 0.5) is 11.4 Å². The van der Waals surface area contributed by atoms with Crippen molar-refractivity contribution in [3.63, 3.8) is 0 Å². The SMILES string of the molecule is CC1(C)N=C2N(c3ccc4c(c3)c3cc(N5C6=NC(C)(C)C(C)(C)N6C(C)(C)C5(C)C)ccc3n4-c3ccccc3)C(C)(C)C(C)(C)N2C1(C)C. The highest BCUT2D eigenvalue weighted by Gasteiger charge is 2.67. The van der Waals surface area contributed by atoms with Gasteiger partial charge in [-0.3, -0.25) is 0 Å². The molecule has 0 aliphatic carbocycles. The molecule has 4 aromatic rings. The highest BCUT2D eigenvalue weighted by molar-refractivity contribution is 6.14. The first kappa shape index (κ1) is 34.1. The predicted octanol–water partition coefficient (Wildman–Crippen LogP) is 10.00. The van der Waals surface area contributed by atoms with Crippen LogP contribution >= 0.6 is 0 Å². The van der Waals surface area contributed by atoms with Gasteiger partial charge in [0.15, 0.2) is 0 Å². The van der Waals surface area contributed by atoms with Crippen LogP contribution in [0.25, 0.3) is 27.5 Å². The van der Waals surface area contributed by atoms with Gasteiger partial charge in [-0.25, -0.2) is 9.98 Å². The zero-order valence-corrected chi connectivity index (χ0v) is 34.0. The third-order valence-corrected chi connectivity index (χ3v) is 15.2. The molecule has 0 bridgehead atoms. The molecule has 51 heavy (non-hydrogen) atoms. The molecular formula is C44H59N7. The fraction of sp³-hybridized carbons (Fsp3) is 0.545. The van der Waals surface area contributed by atoms with Crippen molar-refractivity contribution in [1.82, 2.24) is 14.4 Å². The molecule has 1 aromatic heterocycles. The van der Waals surface area contributed by atoms with Crippen LogP contribution in [0, 0.1) is 0 Å². The maximum Gasteiger partial charge on any atom is 0.203 e. The molecule has 0 saturated carbocycles. The van der Waals surface area contributed by atoms with Crippen molar-refractivity contribution < 1.29 is 0 Å². The second-order valence-corrected chi connectivity index (χ2v) is 19.7. The van der Waals surface area contributed by atoms with E-state index >= 15 is 0 Å². The molecule has 0 unspecified atom stereocenters. The zero-order chi connectivity index (χ0) is 37.3. The Morgan fingerprint density at radius 2 is 0.765 bits per heavy atom. The Balaban J connectivity index is 1.38. The number of anilines is 2. The molecule has 2 saturated heterocycles. The summed E-state index contributed by atoms with van der Waals surface area (Å²) in [4.78, 5) is 21.1. The number of nitrogens with zero attached hydrogens (tertiary/aromatic N) is 7. The minimum atomic E-state index is -0.229. The Bertz CT molecular complexity index is 2050. The van der Waals surface area contributed by atoms with E-state index < -0.39 is 0 Å². The molecular weight excluding hydrogens is 627 g/mol. The molecule has 7 nitrogen and oxygen atoms in total. The van der Waals surface area contributed by atoms with Crippen LogP contribution in [-0.4, -0.2) is 70.6 Å². The quantitative estimate of drug-likeness (QED) is 0.215. The molecule has 0 N–H and O–H groups in total. The maximum atomic E-state index is 5.47. The minimum Gasteiger partial charge on any atom is -0.327 e. The number of aromatic nitrogens is 1. The topological polar surface area (TPSA) is 42.6 Å². The molecule has 0 radical (unpaired) electrons. The number of benzene rings is 3. The lowest BCUT2D eigenvalue weighted by Gasteiger charge is -2.50. The molecule has 4 aliphatic heterocycles. The molecule has 7 heteroatoms. The second kappa shape index (κ2) is 9.50. The summed E-state index contributed by atoms with van der Waals surface area (Å²) in [6.45, 7) is 37.5. The van der Waals surface area contributed by atoms with Gasteiger partial charge in [-0.15, -0.1) is 0 Å². The number of guanidine groups is 2. The van der Waals surface area contributed by atoms with Crippen LogP contribution in [0.5, 0.6) is 0 Å². The standard InChI is InChI=1S/C44H59N7/c1-37(2)39(5,6)50-35(45-37)48(41(9,10)43(50,13)14)29-22-24-33-31(26-29)32-27-30(23-25-34(32)47(33)28-20-18-17-19-21-28)49-36-46-38(3,4)40(7,8)51(36)44(15,16)42(49,11)12/h17-27H,1-16H3. The first-order valence-electron chi connectivity index (χ1n) is 18.9. The summed E-state index contributed by atoms with van der Waals surface area (Å²) in [5.41, 5.74) is 4.40. The number of para-hydroxylation sites is 1. The van der Waals surface area contributed by atoms with E-state index in [0.717, 1.165) is 17.6 Å². The Kier molecular flexibility index (Phi) is 6.36. The van der Waals surface area contributed by atoms with E-state index in [1.165, 1.54) is 33.2 Å². The van der Waals surface area contributed by atoms with Gasteiger partial charge in [0.1, 0.15) is 0 Å². The Morgan fingerprint density at radius 1 is 0.392 bits per heavy atom. The summed E-state index contributed by atoms with van der Waals surface area (Å²) in [6, 6.07) is 24.9. The van der Waals surface area contributed by atoms with E-state index in [1.807, 2.05) is 0 Å². The van der Waals surface area contributed by atoms with Gasteiger partial charge in [0.05, 0.1) is 55.3 Å². The van der Waals surface area contributed by atoms with Crippen LogP contribution in [0.15, 0.2) is 76.7 Å². The molecule has 4 aliphatic rings. The van der Waals surface area contributed by atoms with Crippen molar-refractivity contribution >= 4 is 45.1 Å². The molecule has 5 heterocycles. The summed E-state index contributed by atoms with van der Waals surface area (Å²) in [5, 5.41) is 2.47. The lowest BCUT2D eigenvalue weighted by atomic mass is 9.76. The third-order valence-electron chi connectivity index (χ3n) is 15.2. The third kappa shape index (κ3) is 3.85. The lowest BCUT2D eigenvalue weighted by Crippen LogP contribution is -2.62. The van der Waals surface area contributed by atoms with Gasteiger partial charge < -0.3 is 24.2 Å². The van der Waals surface area contributed by atoms with Gasteiger partial charge in [-0.05, 0) is 159 Å². The molecule has 0 amide bonds. The summed E-state index contributed by atoms with van der Waals surface area (Å²) in [6.07, 6.45) is 0. The van der Waals surface area contributed by atoms with Crippen molar-refractivity contribution in [2.24, 2.45) is 9.98 Å². The molecule has 2 fully saturated rings. The first-order valence-corrected chi connectivity index (χ1v) is 18.9. The average molecular weight is 686 g/mol. The largest absolute Gasteiger partial charge is 0.327 e. The highest BCUT2D eigenvalue weighted by atomic mass is 15.6. The van der Waals surface area contributed by atoms with Gasteiger partial charge in [0.25, 0.3) is 0 Å². The predicted molar refractivity (Wildman–Crippen MR) is 217 cm³/mol. The first-order chi connectivity index (χ1) is 23.3. The van der Waals surface area contributed by atoms with Gasteiger partial charge >= 0.3 is 0 Å². The van der Waals surface area contributed by atoms with Crippen molar-refractivity contribution in [3.05, 3.63) is 66.7 Å². The number of hydrogen-bond donors (Lipinski definition) is 0. The maximum absolute atomic E-state index is 5.47. The number of hydrogen-bond acceptors (Lipinski definition) is 6. The van der Waals surface area contributed by atoms with Crippen molar-refractivity contribution in [2.75, 3.05) is 9.80 Å². The normalized spacial score (nSPS) is 25.4. The smallest absolute Gasteiger partial charge is 0.203 e. The minimum absolute atomic E-state index is 0.142. The fourth-order valence-electron chi connectivity index (χ4n) is 9.72. The van der Waals surface area contributed by atoms with E-state index in [0.29, 0.717) is 0 Å². The second-order valence-electron chi connectivity index (χ2n) is 19.7. The number of aliphatic imine (C=N–C) groups is 2. The average Bonchev–Trinajstić information content (AvgIpc) is 3.59. The van der Waals surface area contributed by atoms with Crippen LogP contribution < -0.4 is 9.80 Å². The van der Waals surface area contributed by atoms with Crippen molar-refractivity contribution in [1.29, 1.82) is 0 Å². The summed E-state index contributed by atoms with van der Waals surface area (Å²) in [7, 11) is 0. The number of rotatable bonds is 3. The molecule has 270 valence electrons. The Hall–Kier alpha value is -4.00. The van der Waals surface area contributed by atoms with E-state index in [2.05, 4.69) is 202 Å². The highest BCUT2D eigenvalue weighted by Crippen LogP contribution is 2.56. The Morgan fingerprint density at radius 3 is 1.14 bits per heavy atom. The molecule has 3 aromatic carbocycles. The molecule has 0 atom stereocenters. The van der Waals surface area contributed by atoms with Gasteiger partial charge in [-0.1, -0.05) is 18.2 Å². The van der Waals surface area contributed by atoms with E-state index in [9.17, 15) is 0 Å². The summed E-state index contributed by atoms with van der Waals surface area (Å²) in [5.74, 6) is 2.13. The zero-order valence-electron chi connectivity index (χ0n) is 34.0. The van der Waals surface area contributed by atoms with Crippen LogP contribution in [0.2, 0.25) is 0 Å². The van der Waals surface area contributed by atoms with E-state index in [4.69, 9.17) is 9.98 Å². The molecule has 0 spiro atoms. The van der Waals surface area contributed by atoms with Gasteiger partial charge in [-0.2, -0.15) is 0 Å². The van der Waals surface area contributed by atoms with E-state index in [1.54, 1.807) is 0 Å². The number of fused-ring (bicyclic) bond motifs is 5. The fourth-order valence-corrected chi connectivity index (χ4v) is 9.72. The summed E-state index contributed by atoms with van der Waals surface area (Å²) < 4.78 is 2.42. The monoisotopic (exact) mass is 685 g/mol. The van der Waals surface area contributed by atoms with Crippen LogP contribution in [-0.2, 0) is 0 Å². The van der Waals surface area contributed by atoms with Crippen molar-refractivity contribution in [3.8, 4) is 5.69 Å². The summed E-state index contributed by atoms with van der Waals surface area (Å²) >= 11 is 0. The van der Waals surface area contributed by atoms with Gasteiger partial charge in [0.2, 0.25) is 11.9 Å². The van der Waals surface area contributed by atoms with Gasteiger partial charge in [0, 0.05) is 27.8 Å². The molecule has 8 rings (SSSR count). The lowest BCUT2D eigenvalue weighted by molar-refractivity contribution is 0.0528. The Labute approximate surface area is 306 Å². The van der Waals surface area contributed by atoms with Crippen molar-refractivity contribution in [2.45, 2.75) is 155 Å².